The Bertz CT molecular complexity index is 1530. The van der Waals surface area contributed by atoms with Crippen molar-refractivity contribution in [2.75, 3.05) is 13.2 Å². The van der Waals surface area contributed by atoms with Crippen molar-refractivity contribution in [2.45, 2.75) is 65.3 Å². The van der Waals surface area contributed by atoms with E-state index in [4.69, 9.17) is 4.74 Å². The summed E-state index contributed by atoms with van der Waals surface area (Å²) in [6.45, 7) is 12.3. The predicted octanol–water partition coefficient (Wildman–Crippen LogP) is 6.85. The van der Waals surface area contributed by atoms with E-state index < -0.39 is 11.4 Å². The lowest BCUT2D eigenvalue weighted by Crippen LogP contribution is -2.28. The number of fused-ring (bicyclic) bond motifs is 2. The molecule has 2 aromatic carbocycles. The van der Waals surface area contributed by atoms with Crippen LogP contribution in [0.2, 0.25) is 0 Å². The average molecular weight is 628 g/mol. The monoisotopic (exact) mass is 627 g/mol. The molecule has 8 heteroatoms. The zero-order valence-corrected chi connectivity index (χ0v) is 24.7. The van der Waals surface area contributed by atoms with Crippen molar-refractivity contribution >= 4 is 56.3 Å². The molecule has 0 aliphatic carbocycles. The van der Waals surface area contributed by atoms with E-state index in [0.717, 1.165) is 48.0 Å². The Balaban J connectivity index is 1.69. The summed E-state index contributed by atoms with van der Waals surface area (Å²) in [5.74, 6) is -0.584. The molecule has 0 saturated carbocycles. The highest BCUT2D eigenvalue weighted by molar-refractivity contribution is 14.1. The summed E-state index contributed by atoms with van der Waals surface area (Å²) in [6, 6.07) is 11.5. The van der Waals surface area contributed by atoms with Crippen molar-refractivity contribution in [1.29, 1.82) is 0 Å². The second-order valence-corrected chi connectivity index (χ2v) is 13.1. The third-order valence-electron chi connectivity index (χ3n) is 7.64. The van der Waals surface area contributed by atoms with Crippen LogP contribution in [0.4, 0.5) is 0 Å². The van der Waals surface area contributed by atoms with E-state index in [0.29, 0.717) is 12.5 Å². The summed E-state index contributed by atoms with van der Waals surface area (Å²) in [7, 11) is 0. The summed E-state index contributed by atoms with van der Waals surface area (Å²) in [6.07, 6.45) is 3.72. The number of rotatable bonds is 5. The number of ether oxygens (including phenoxy) is 1. The van der Waals surface area contributed by atoms with Gasteiger partial charge in [-0.1, -0.05) is 46.8 Å². The molecule has 38 heavy (non-hydrogen) atoms. The van der Waals surface area contributed by atoms with Crippen LogP contribution in [-0.2, 0) is 16.7 Å². The van der Waals surface area contributed by atoms with Crippen LogP contribution in [-0.4, -0.2) is 44.5 Å². The molecule has 0 radical (unpaired) electrons. The van der Waals surface area contributed by atoms with Gasteiger partial charge in [-0.15, -0.1) is 0 Å². The smallest absolute Gasteiger partial charge is 0.335 e. The first-order chi connectivity index (χ1) is 17.9. The van der Waals surface area contributed by atoms with Crippen LogP contribution in [0.15, 0.2) is 42.6 Å². The van der Waals surface area contributed by atoms with Crippen molar-refractivity contribution in [3.8, 4) is 0 Å². The fourth-order valence-corrected chi connectivity index (χ4v) is 6.58. The van der Waals surface area contributed by atoms with Gasteiger partial charge in [-0.25, -0.2) is 4.79 Å². The molecule has 0 unspecified atom stereocenters. The highest BCUT2D eigenvalue weighted by atomic mass is 127. The van der Waals surface area contributed by atoms with Crippen molar-refractivity contribution < 1.29 is 19.4 Å². The summed E-state index contributed by atoms with van der Waals surface area (Å²) in [5, 5.41) is 15.9. The van der Waals surface area contributed by atoms with Gasteiger partial charge in [-0.3, -0.25) is 4.79 Å². The molecule has 4 aromatic rings. The van der Waals surface area contributed by atoms with E-state index in [1.807, 2.05) is 32.9 Å². The maximum Gasteiger partial charge on any atom is 0.335 e. The van der Waals surface area contributed by atoms with E-state index in [9.17, 15) is 14.7 Å². The lowest BCUT2D eigenvalue weighted by Gasteiger charge is -2.31. The first-order valence-corrected chi connectivity index (χ1v) is 14.1. The third kappa shape index (κ3) is 4.77. The van der Waals surface area contributed by atoms with Gasteiger partial charge < -0.3 is 14.4 Å². The van der Waals surface area contributed by atoms with Gasteiger partial charge >= 0.3 is 5.97 Å². The van der Waals surface area contributed by atoms with Crippen LogP contribution in [0.5, 0.6) is 0 Å². The number of carboxylic acid groups (broad SMARTS) is 1. The summed E-state index contributed by atoms with van der Waals surface area (Å²) < 4.78 is 10.9. The molecule has 0 atom stereocenters. The van der Waals surface area contributed by atoms with Crippen LogP contribution in [0.3, 0.4) is 0 Å². The Morgan fingerprint density at radius 3 is 2.32 bits per heavy atom. The minimum atomic E-state index is -0.924. The maximum absolute atomic E-state index is 13.2. The zero-order valence-electron chi connectivity index (χ0n) is 22.5. The molecule has 3 heterocycles. The van der Waals surface area contributed by atoms with Crippen molar-refractivity contribution in [3.05, 3.63) is 63.0 Å². The van der Waals surface area contributed by atoms with Gasteiger partial charge in [0.2, 0.25) is 0 Å². The molecule has 1 aliphatic heterocycles. The number of hydrogen-bond donors (Lipinski definition) is 1. The lowest BCUT2D eigenvalue weighted by atomic mass is 9.83. The lowest BCUT2D eigenvalue weighted by molar-refractivity contribution is 0.0695. The first-order valence-electron chi connectivity index (χ1n) is 13.0. The van der Waals surface area contributed by atoms with E-state index >= 15 is 0 Å². The largest absolute Gasteiger partial charge is 0.478 e. The third-order valence-corrected chi connectivity index (χ3v) is 8.77. The molecule has 200 valence electrons. The maximum atomic E-state index is 13.2. The molecule has 0 amide bonds. The zero-order chi connectivity index (χ0) is 27.4. The van der Waals surface area contributed by atoms with Crippen LogP contribution >= 0.6 is 22.6 Å². The Labute approximate surface area is 236 Å². The molecule has 2 aromatic heterocycles. The normalized spacial score (nSPS) is 15.4. The molecule has 1 aliphatic rings. The standard InChI is InChI=1S/C30H34IN3O4/c1-29(2,3)28(37)34-23-15-24-22(14-20(23)16-32-34)25(31)26(18-10-12-38-13-11-18)33(24)17-30(4,5)21-8-6-19(7-9-21)27(35)36/h6-9,14-16,18H,10-13,17H2,1-5H3,(H,35,36). The van der Waals surface area contributed by atoms with Gasteiger partial charge in [0.05, 0.1) is 22.8 Å². The first kappa shape index (κ1) is 26.9. The molecule has 0 spiro atoms. The molecule has 1 fully saturated rings. The number of benzene rings is 2. The number of hydrogen-bond acceptors (Lipinski definition) is 4. The summed E-state index contributed by atoms with van der Waals surface area (Å²) in [5.41, 5.74) is 3.74. The SMILES string of the molecule is CC(C)(C)C(=O)n1ncc2cc3c(I)c(C4CCOCC4)n(CC(C)(C)c4ccc(C(=O)O)cc4)c3cc21. The topological polar surface area (TPSA) is 86.4 Å². The minimum absolute atomic E-state index is 0.0387. The van der Waals surface area contributed by atoms with Gasteiger partial charge in [0.1, 0.15) is 0 Å². The number of aromatic carboxylic acids is 1. The van der Waals surface area contributed by atoms with E-state index in [1.165, 1.54) is 14.7 Å². The van der Waals surface area contributed by atoms with Gasteiger partial charge in [0.25, 0.3) is 5.91 Å². The molecule has 0 bridgehead atoms. The molecule has 7 nitrogen and oxygen atoms in total. The Kier molecular flexibility index (Phi) is 6.92. The number of aromatic nitrogens is 3. The fourth-order valence-electron chi connectivity index (χ4n) is 5.42. The van der Waals surface area contributed by atoms with Crippen LogP contribution in [0.1, 0.15) is 79.8 Å². The highest BCUT2D eigenvalue weighted by Crippen LogP contribution is 2.41. The predicted molar refractivity (Wildman–Crippen MR) is 157 cm³/mol. The van der Waals surface area contributed by atoms with Crippen molar-refractivity contribution in [3.63, 3.8) is 0 Å². The minimum Gasteiger partial charge on any atom is -0.478 e. The molecular formula is C30H34IN3O4. The molecule has 1 N–H and O–H groups in total. The van der Waals surface area contributed by atoms with Crippen molar-refractivity contribution in [1.82, 2.24) is 14.3 Å². The summed E-state index contributed by atoms with van der Waals surface area (Å²) in [4.78, 5) is 24.6. The average Bonchev–Trinajstić information content (AvgIpc) is 3.40. The number of carboxylic acids is 1. The number of nitrogens with zero attached hydrogens (tertiary/aromatic N) is 3. The Hall–Kier alpha value is -2.72. The highest BCUT2D eigenvalue weighted by Gasteiger charge is 2.31. The van der Waals surface area contributed by atoms with Crippen molar-refractivity contribution in [2.24, 2.45) is 5.41 Å². The second kappa shape index (κ2) is 9.79. The van der Waals surface area contributed by atoms with Crippen LogP contribution in [0.25, 0.3) is 21.8 Å². The number of carbonyl (C=O) groups excluding carboxylic acids is 1. The Morgan fingerprint density at radius 2 is 1.71 bits per heavy atom. The van der Waals surface area contributed by atoms with Crippen LogP contribution < -0.4 is 0 Å². The fraction of sp³-hybridized carbons (Fsp3) is 0.433. The van der Waals surface area contributed by atoms with Gasteiger partial charge in [-0.05, 0) is 65.3 Å². The molecule has 5 rings (SSSR count). The van der Waals surface area contributed by atoms with Gasteiger partial charge in [-0.2, -0.15) is 9.78 Å². The van der Waals surface area contributed by atoms with Gasteiger partial charge in [0, 0.05) is 56.5 Å². The molecular weight excluding hydrogens is 593 g/mol. The quantitative estimate of drug-likeness (QED) is 0.245. The number of carbonyl (C=O) groups is 2. The van der Waals surface area contributed by atoms with Gasteiger partial charge in [0.15, 0.2) is 0 Å². The number of halogens is 1. The van der Waals surface area contributed by atoms with E-state index in [-0.39, 0.29) is 16.9 Å². The van der Waals surface area contributed by atoms with E-state index in [1.54, 1.807) is 23.0 Å². The summed E-state index contributed by atoms with van der Waals surface area (Å²) >= 11 is 2.48. The second-order valence-electron chi connectivity index (χ2n) is 12.0. The van der Waals surface area contributed by atoms with E-state index in [2.05, 4.69) is 58.2 Å². The molecule has 1 saturated heterocycles. The van der Waals surface area contributed by atoms with Crippen LogP contribution in [0, 0.1) is 8.99 Å². The Morgan fingerprint density at radius 1 is 1.05 bits per heavy atom.